The van der Waals surface area contributed by atoms with E-state index in [4.69, 9.17) is 5.73 Å². The molecule has 0 unspecified atom stereocenters. The van der Waals surface area contributed by atoms with Gasteiger partial charge in [0.1, 0.15) is 6.54 Å². The van der Waals surface area contributed by atoms with Crippen molar-refractivity contribution in [3.8, 4) is 0 Å². The molecule has 0 spiro atoms. The van der Waals surface area contributed by atoms with Crippen LogP contribution in [0.1, 0.15) is 5.56 Å². The summed E-state index contributed by atoms with van der Waals surface area (Å²) in [6.45, 7) is 1.60. The van der Waals surface area contributed by atoms with E-state index in [1.165, 1.54) is 4.90 Å². The molecule has 6 nitrogen and oxygen atoms in total. The average Bonchev–Trinajstić information content (AvgIpc) is 2.39. The van der Waals surface area contributed by atoms with E-state index >= 15 is 0 Å². The molecule has 1 aliphatic rings. The lowest BCUT2D eigenvalue weighted by Crippen LogP contribution is -2.51. The maximum Gasteiger partial charge on any atom is 0.322 e. The predicted molar refractivity (Wildman–Crippen MR) is 67.9 cm³/mol. The Balaban J connectivity index is 1.95. The molecule has 4 N–H and O–H groups in total. The minimum absolute atomic E-state index is 0.104. The second kappa shape index (κ2) is 5.50. The van der Waals surface area contributed by atoms with Gasteiger partial charge in [-0.25, -0.2) is 4.79 Å². The zero-order valence-electron chi connectivity index (χ0n) is 9.98. The van der Waals surface area contributed by atoms with Crippen LogP contribution in [0.2, 0.25) is 0 Å². The van der Waals surface area contributed by atoms with Crippen LogP contribution in [0.25, 0.3) is 0 Å². The van der Waals surface area contributed by atoms with Crippen molar-refractivity contribution in [3.63, 3.8) is 0 Å². The van der Waals surface area contributed by atoms with Gasteiger partial charge in [-0.3, -0.25) is 4.79 Å². The van der Waals surface area contributed by atoms with Gasteiger partial charge in [-0.2, -0.15) is 0 Å². The summed E-state index contributed by atoms with van der Waals surface area (Å²) in [7, 11) is 0. The molecule has 1 aromatic rings. The third-order valence-corrected chi connectivity index (χ3v) is 2.77. The van der Waals surface area contributed by atoms with Gasteiger partial charge in [0.05, 0.1) is 0 Å². The summed E-state index contributed by atoms with van der Waals surface area (Å²) in [5.74, 6) is -0.130. The molecule has 96 valence electrons. The third-order valence-electron chi connectivity index (χ3n) is 2.77. The van der Waals surface area contributed by atoms with Crippen molar-refractivity contribution in [1.82, 2.24) is 10.2 Å². The largest absolute Gasteiger partial charge is 0.353 e. The number of hydrogen-bond donors (Lipinski definition) is 3. The minimum atomic E-state index is -0.259. The van der Waals surface area contributed by atoms with Crippen LogP contribution in [0.15, 0.2) is 24.3 Å². The number of carbonyl (C=O) groups excluding carboxylic acids is 2. The van der Waals surface area contributed by atoms with Crippen molar-refractivity contribution in [2.45, 2.75) is 6.54 Å². The molecule has 1 aliphatic heterocycles. The molecule has 1 heterocycles. The number of urea groups is 1. The number of benzene rings is 1. The molecule has 0 radical (unpaired) electrons. The molecule has 0 aliphatic carbocycles. The SMILES string of the molecule is NCc1ccc(NC(=O)N2CCNC(=O)C2)cc1. The van der Waals surface area contributed by atoms with E-state index in [1.807, 2.05) is 12.1 Å². The molecule has 3 amide bonds. The van der Waals surface area contributed by atoms with Crippen LogP contribution >= 0.6 is 0 Å². The van der Waals surface area contributed by atoms with Gasteiger partial charge >= 0.3 is 6.03 Å². The first kappa shape index (κ1) is 12.4. The van der Waals surface area contributed by atoms with E-state index in [2.05, 4.69) is 10.6 Å². The van der Waals surface area contributed by atoms with Crippen molar-refractivity contribution >= 4 is 17.6 Å². The van der Waals surface area contributed by atoms with Gasteiger partial charge in [-0.05, 0) is 17.7 Å². The minimum Gasteiger partial charge on any atom is -0.353 e. The van der Waals surface area contributed by atoms with Gasteiger partial charge in [0.2, 0.25) is 5.91 Å². The van der Waals surface area contributed by atoms with Crippen LogP contribution in [0.3, 0.4) is 0 Å². The Hall–Kier alpha value is -2.08. The first-order valence-corrected chi connectivity index (χ1v) is 5.80. The zero-order chi connectivity index (χ0) is 13.0. The lowest BCUT2D eigenvalue weighted by atomic mass is 10.2. The van der Waals surface area contributed by atoms with E-state index < -0.39 is 0 Å². The molecular weight excluding hydrogens is 232 g/mol. The number of anilines is 1. The molecule has 0 bridgehead atoms. The second-order valence-electron chi connectivity index (χ2n) is 4.10. The maximum atomic E-state index is 11.9. The molecule has 1 saturated heterocycles. The van der Waals surface area contributed by atoms with Crippen LogP contribution in [0, 0.1) is 0 Å². The van der Waals surface area contributed by atoms with Crippen LogP contribution in [0.5, 0.6) is 0 Å². The topological polar surface area (TPSA) is 87.5 Å². The van der Waals surface area contributed by atoms with Gasteiger partial charge in [-0.15, -0.1) is 0 Å². The van der Waals surface area contributed by atoms with Crippen LogP contribution in [0.4, 0.5) is 10.5 Å². The number of hydrogen-bond acceptors (Lipinski definition) is 3. The Bertz CT molecular complexity index is 444. The van der Waals surface area contributed by atoms with E-state index in [9.17, 15) is 9.59 Å². The molecule has 18 heavy (non-hydrogen) atoms. The van der Waals surface area contributed by atoms with Gasteiger partial charge < -0.3 is 21.3 Å². The Morgan fingerprint density at radius 2 is 2.11 bits per heavy atom. The predicted octanol–water partition coefficient (Wildman–Crippen LogP) is 0.109. The molecule has 1 fully saturated rings. The van der Waals surface area contributed by atoms with Crippen LogP contribution in [-0.2, 0) is 11.3 Å². The Morgan fingerprint density at radius 3 is 2.72 bits per heavy atom. The highest BCUT2D eigenvalue weighted by Crippen LogP contribution is 2.10. The molecular formula is C12H16N4O2. The van der Waals surface area contributed by atoms with Gasteiger partial charge in [0, 0.05) is 25.3 Å². The summed E-state index contributed by atoms with van der Waals surface area (Å²) in [5, 5.41) is 5.42. The van der Waals surface area contributed by atoms with Gasteiger partial charge in [0.15, 0.2) is 0 Å². The number of rotatable bonds is 2. The molecule has 0 atom stereocenters. The summed E-state index contributed by atoms with van der Waals surface area (Å²) < 4.78 is 0. The smallest absolute Gasteiger partial charge is 0.322 e. The van der Waals surface area contributed by atoms with E-state index in [0.717, 1.165) is 5.56 Å². The highest BCUT2D eigenvalue weighted by Gasteiger charge is 2.20. The number of amides is 3. The van der Waals surface area contributed by atoms with Crippen LogP contribution < -0.4 is 16.4 Å². The summed E-state index contributed by atoms with van der Waals surface area (Å²) in [4.78, 5) is 24.5. The van der Waals surface area contributed by atoms with E-state index in [-0.39, 0.29) is 18.5 Å². The second-order valence-corrected chi connectivity index (χ2v) is 4.10. The molecule has 0 aromatic heterocycles. The third kappa shape index (κ3) is 2.98. The first-order valence-electron chi connectivity index (χ1n) is 5.80. The van der Waals surface area contributed by atoms with Crippen molar-refractivity contribution in [2.75, 3.05) is 25.0 Å². The zero-order valence-corrected chi connectivity index (χ0v) is 9.98. The van der Waals surface area contributed by atoms with Crippen molar-refractivity contribution < 1.29 is 9.59 Å². The molecule has 2 rings (SSSR count). The quantitative estimate of drug-likeness (QED) is 0.694. The standard InChI is InChI=1S/C12H16N4O2/c13-7-9-1-3-10(4-2-9)15-12(18)16-6-5-14-11(17)8-16/h1-4H,5-8,13H2,(H,14,17)(H,15,18). The first-order chi connectivity index (χ1) is 8.69. The summed E-state index contributed by atoms with van der Waals surface area (Å²) in [6.07, 6.45) is 0. The lowest BCUT2D eigenvalue weighted by Gasteiger charge is -2.26. The highest BCUT2D eigenvalue weighted by molar-refractivity contribution is 5.93. The number of nitrogens with zero attached hydrogens (tertiary/aromatic N) is 1. The average molecular weight is 248 g/mol. The number of nitrogens with one attached hydrogen (secondary N) is 2. The number of carbonyl (C=O) groups is 2. The van der Waals surface area contributed by atoms with Crippen molar-refractivity contribution in [3.05, 3.63) is 29.8 Å². The van der Waals surface area contributed by atoms with Crippen molar-refractivity contribution in [1.29, 1.82) is 0 Å². The lowest BCUT2D eigenvalue weighted by molar-refractivity contribution is -0.123. The van der Waals surface area contributed by atoms with E-state index in [1.54, 1.807) is 12.1 Å². The van der Waals surface area contributed by atoms with E-state index in [0.29, 0.717) is 25.3 Å². The number of piperazine rings is 1. The van der Waals surface area contributed by atoms with Gasteiger partial charge in [-0.1, -0.05) is 12.1 Å². The monoisotopic (exact) mass is 248 g/mol. The normalized spacial score (nSPS) is 15.2. The number of nitrogens with two attached hydrogens (primary N) is 1. The molecule has 6 heteroatoms. The maximum absolute atomic E-state index is 11.9. The summed E-state index contributed by atoms with van der Waals surface area (Å²) in [6, 6.07) is 7.05. The highest BCUT2D eigenvalue weighted by atomic mass is 16.2. The van der Waals surface area contributed by atoms with Crippen LogP contribution in [-0.4, -0.2) is 36.5 Å². The molecule has 0 saturated carbocycles. The van der Waals surface area contributed by atoms with Gasteiger partial charge in [0.25, 0.3) is 0 Å². The fourth-order valence-corrected chi connectivity index (χ4v) is 1.74. The fourth-order valence-electron chi connectivity index (χ4n) is 1.74. The Morgan fingerprint density at radius 1 is 1.39 bits per heavy atom. The summed E-state index contributed by atoms with van der Waals surface area (Å²) in [5.41, 5.74) is 7.20. The van der Waals surface area contributed by atoms with Crippen molar-refractivity contribution in [2.24, 2.45) is 5.73 Å². The molecule has 1 aromatic carbocycles. The Kier molecular flexibility index (Phi) is 3.78. The fraction of sp³-hybridized carbons (Fsp3) is 0.333. The Labute approximate surface area is 105 Å². The summed E-state index contributed by atoms with van der Waals surface area (Å²) >= 11 is 0.